The van der Waals surface area contributed by atoms with E-state index in [1.165, 1.54) is 32.1 Å². The molecule has 1 N–H and O–H groups in total. The van der Waals surface area contributed by atoms with Crippen LogP contribution in [0.5, 0.6) is 5.88 Å². The van der Waals surface area contributed by atoms with Crippen LogP contribution in [0, 0.1) is 11.3 Å². The minimum absolute atomic E-state index is 0.201. The first kappa shape index (κ1) is 18.0. The summed E-state index contributed by atoms with van der Waals surface area (Å²) in [5.41, 5.74) is 1.39. The van der Waals surface area contributed by atoms with E-state index in [1.54, 1.807) is 13.3 Å². The van der Waals surface area contributed by atoms with Gasteiger partial charge < -0.3 is 14.7 Å². The van der Waals surface area contributed by atoms with Crippen LogP contribution in [-0.2, 0) is 0 Å². The zero-order valence-corrected chi connectivity index (χ0v) is 15.0. The van der Waals surface area contributed by atoms with Crippen molar-refractivity contribution in [2.24, 2.45) is 0 Å². The fraction of sp³-hybridized carbons (Fsp3) is 0.684. The molecule has 6 nitrogen and oxygen atoms in total. The van der Waals surface area contributed by atoms with Gasteiger partial charge in [-0.25, -0.2) is 4.98 Å². The van der Waals surface area contributed by atoms with Gasteiger partial charge in [-0.15, -0.1) is 0 Å². The first-order chi connectivity index (χ1) is 12.3. The maximum atomic E-state index is 9.55. The van der Waals surface area contributed by atoms with Crippen LogP contribution in [0.2, 0.25) is 0 Å². The van der Waals surface area contributed by atoms with Crippen LogP contribution < -0.4 is 9.64 Å². The number of aromatic nitrogens is 1. The van der Waals surface area contributed by atoms with Crippen LogP contribution in [-0.4, -0.2) is 60.4 Å². The van der Waals surface area contributed by atoms with Gasteiger partial charge in [0, 0.05) is 44.5 Å². The number of aliphatic hydroxyl groups excluding tert-OH is 1. The van der Waals surface area contributed by atoms with Crippen LogP contribution in [0.3, 0.4) is 0 Å². The van der Waals surface area contributed by atoms with Gasteiger partial charge in [-0.2, -0.15) is 5.26 Å². The molecule has 1 saturated heterocycles. The Kier molecular flexibility index (Phi) is 6.11. The molecule has 2 heterocycles. The zero-order valence-electron chi connectivity index (χ0n) is 15.0. The van der Waals surface area contributed by atoms with E-state index >= 15 is 0 Å². The van der Waals surface area contributed by atoms with Crippen molar-refractivity contribution in [3.63, 3.8) is 0 Å². The summed E-state index contributed by atoms with van der Waals surface area (Å²) in [5, 5.41) is 19.1. The molecule has 1 atom stereocenters. The predicted molar refractivity (Wildman–Crippen MR) is 96.8 cm³/mol. The van der Waals surface area contributed by atoms with Gasteiger partial charge in [-0.05, 0) is 25.3 Å². The summed E-state index contributed by atoms with van der Waals surface area (Å²) in [5.74, 6) is 0.383. The molecule has 0 amide bonds. The summed E-state index contributed by atoms with van der Waals surface area (Å²) in [4.78, 5) is 9.01. The molecule has 3 rings (SSSR count). The van der Waals surface area contributed by atoms with E-state index in [2.05, 4.69) is 20.9 Å². The topological polar surface area (TPSA) is 72.6 Å². The molecule has 1 aromatic heterocycles. The summed E-state index contributed by atoms with van der Waals surface area (Å²) in [7, 11) is 1.54. The fourth-order valence-electron chi connectivity index (χ4n) is 4.34. The van der Waals surface area contributed by atoms with E-state index in [1.807, 2.05) is 6.07 Å². The molecule has 0 bridgehead atoms. The van der Waals surface area contributed by atoms with Gasteiger partial charge in [0.1, 0.15) is 11.6 Å². The lowest BCUT2D eigenvalue weighted by molar-refractivity contribution is 0.0758. The lowest BCUT2D eigenvalue weighted by atomic mass is 9.91. The molecule has 0 spiro atoms. The predicted octanol–water partition coefficient (Wildman–Crippen LogP) is 2.17. The number of rotatable bonds is 5. The Morgan fingerprint density at radius 3 is 2.80 bits per heavy atom. The average molecular weight is 344 g/mol. The molecule has 0 radical (unpaired) electrons. The molecular formula is C19H28N4O2. The normalized spacial score (nSPS) is 22.6. The largest absolute Gasteiger partial charge is 0.480 e. The molecule has 1 aromatic rings. The number of piperazine rings is 1. The summed E-state index contributed by atoms with van der Waals surface area (Å²) in [6.07, 6.45) is 9.00. The van der Waals surface area contributed by atoms with Crippen molar-refractivity contribution in [1.82, 2.24) is 9.88 Å². The quantitative estimate of drug-likeness (QED) is 0.882. The molecule has 2 fully saturated rings. The van der Waals surface area contributed by atoms with Crippen molar-refractivity contribution in [3.05, 3.63) is 17.8 Å². The lowest BCUT2D eigenvalue weighted by Gasteiger charge is -2.47. The fourth-order valence-corrected chi connectivity index (χ4v) is 4.34. The van der Waals surface area contributed by atoms with Gasteiger partial charge in [-0.1, -0.05) is 19.3 Å². The number of methoxy groups -OCH3 is 1. The van der Waals surface area contributed by atoms with E-state index in [0.29, 0.717) is 23.5 Å². The van der Waals surface area contributed by atoms with Crippen molar-refractivity contribution < 1.29 is 9.84 Å². The first-order valence-corrected chi connectivity index (χ1v) is 9.33. The number of nitriles is 1. The van der Waals surface area contributed by atoms with Crippen molar-refractivity contribution in [1.29, 1.82) is 5.26 Å². The average Bonchev–Trinajstić information content (AvgIpc) is 2.68. The van der Waals surface area contributed by atoms with Gasteiger partial charge in [0.05, 0.1) is 12.8 Å². The van der Waals surface area contributed by atoms with Crippen molar-refractivity contribution in [2.75, 3.05) is 38.3 Å². The van der Waals surface area contributed by atoms with Crippen molar-refractivity contribution in [3.8, 4) is 11.9 Å². The number of anilines is 1. The second kappa shape index (κ2) is 8.50. The third-order valence-electron chi connectivity index (χ3n) is 5.57. The zero-order chi connectivity index (χ0) is 17.6. The van der Waals surface area contributed by atoms with Gasteiger partial charge in [0.25, 0.3) is 0 Å². The van der Waals surface area contributed by atoms with E-state index in [-0.39, 0.29) is 6.61 Å². The van der Waals surface area contributed by atoms with Crippen molar-refractivity contribution in [2.45, 2.75) is 50.6 Å². The second-order valence-corrected chi connectivity index (χ2v) is 6.97. The van der Waals surface area contributed by atoms with E-state index in [4.69, 9.17) is 4.74 Å². The van der Waals surface area contributed by atoms with Gasteiger partial charge >= 0.3 is 0 Å². The Bertz CT molecular complexity index is 610. The molecule has 0 aromatic carbocycles. The Labute approximate surface area is 150 Å². The monoisotopic (exact) mass is 344 g/mol. The number of pyridine rings is 1. The Hall–Kier alpha value is -1.84. The van der Waals surface area contributed by atoms with Crippen molar-refractivity contribution >= 4 is 5.69 Å². The highest BCUT2D eigenvalue weighted by Gasteiger charge is 2.33. The van der Waals surface area contributed by atoms with E-state index in [9.17, 15) is 10.4 Å². The third kappa shape index (κ3) is 3.88. The smallest absolute Gasteiger partial charge is 0.233 e. The van der Waals surface area contributed by atoms with Gasteiger partial charge in [-0.3, -0.25) is 4.90 Å². The summed E-state index contributed by atoms with van der Waals surface area (Å²) >= 11 is 0. The Morgan fingerprint density at radius 2 is 2.12 bits per heavy atom. The minimum Gasteiger partial charge on any atom is -0.480 e. The number of hydrogen-bond donors (Lipinski definition) is 1. The number of nitrogens with zero attached hydrogens (tertiary/aromatic N) is 4. The molecule has 25 heavy (non-hydrogen) atoms. The van der Waals surface area contributed by atoms with Gasteiger partial charge in [0.2, 0.25) is 5.88 Å². The highest BCUT2D eigenvalue weighted by Crippen LogP contribution is 2.31. The maximum Gasteiger partial charge on any atom is 0.233 e. The summed E-state index contributed by atoms with van der Waals surface area (Å²) in [6.45, 7) is 2.90. The molecule has 2 aliphatic rings. The highest BCUT2D eigenvalue weighted by molar-refractivity contribution is 5.63. The standard InChI is InChI=1S/C19H28N4O2/c1-25-19-17(13-20)18(7-9-21-19)22-10-11-23(16(14-22)8-12-24)15-5-3-2-4-6-15/h7,9,15-16,24H,2-6,8,10-12,14H2,1H3/t16-/m1/s1. The number of hydrogen-bond acceptors (Lipinski definition) is 6. The van der Waals surface area contributed by atoms with Gasteiger partial charge in [0.15, 0.2) is 0 Å². The number of aliphatic hydroxyl groups is 1. The summed E-state index contributed by atoms with van der Waals surface area (Å²) in [6, 6.07) is 5.11. The minimum atomic E-state index is 0.201. The molecule has 1 aliphatic heterocycles. The molecule has 1 saturated carbocycles. The maximum absolute atomic E-state index is 9.55. The molecule has 0 unspecified atom stereocenters. The van der Waals surface area contributed by atoms with Crippen LogP contribution in [0.4, 0.5) is 5.69 Å². The molecular weight excluding hydrogens is 316 g/mol. The molecule has 6 heteroatoms. The van der Waals surface area contributed by atoms with Crippen LogP contribution >= 0.6 is 0 Å². The highest BCUT2D eigenvalue weighted by atomic mass is 16.5. The number of ether oxygens (including phenoxy) is 1. The second-order valence-electron chi connectivity index (χ2n) is 6.97. The lowest BCUT2D eigenvalue weighted by Crippen LogP contribution is -2.57. The van der Waals surface area contributed by atoms with Crippen LogP contribution in [0.25, 0.3) is 0 Å². The molecule has 136 valence electrons. The SMILES string of the molecule is COc1nccc(N2CCN(C3CCCCC3)[C@H](CCO)C2)c1C#N. The Balaban J connectivity index is 1.79. The first-order valence-electron chi connectivity index (χ1n) is 9.33. The summed E-state index contributed by atoms with van der Waals surface area (Å²) < 4.78 is 5.25. The molecule has 1 aliphatic carbocycles. The third-order valence-corrected chi connectivity index (χ3v) is 5.57. The Morgan fingerprint density at radius 1 is 1.32 bits per heavy atom. The van der Waals surface area contributed by atoms with Crippen LogP contribution in [0.1, 0.15) is 44.1 Å². The van der Waals surface area contributed by atoms with Crippen LogP contribution in [0.15, 0.2) is 12.3 Å². The van der Waals surface area contributed by atoms with E-state index in [0.717, 1.165) is 31.7 Å². The van der Waals surface area contributed by atoms with E-state index < -0.39 is 0 Å².